The third-order valence-corrected chi connectivity index (χ3v) is 7.84. The minimum atomic E-state index is -0.236. The maximum atomic E-state index is 6.33. The molecule has 36 heavy (non-hydrogen) atoms. The molecule has 4 heteroatoms. The lowest BCUT2D eigenvalue weighted by atomic mass is 9.87. The van der Waals surface area contributed by atoms with E-state index in [1.807, 2.05) is 25.1 Å². The quantitative estimate of drug-likeness (QED) is 0.387. The van der Waals surface area contributed by atoms with Gasteiger partial charge in [0.25, 0.3) is 0 Å². The molecule has 2 aromatic rings. The molecule has 0 spiro atoms. The van der Waals surface area contributed by atoms with Gasteiger partial charge in [-0.25, -0.2) is 0 Å². The number of hydrogen-bond donors (Lipinski definition) is 1. The molecule has 2 aromatic carbocycles. The van der Waals surface area contributed by atoms with Crippen LogP contribution in [0.15, 0.2) is 54.6 Å². The molecule has 198 valence electrons. The van der Waals surface area contributed by atoms with Crippen molar-refractivity contribution in [2.75, 3.05) is 6.61 Å². The maximum Gasteiger partial charge on any atom is 0.158 e. The van der Waals surface area contributed by atoms with Crippen LogP contribution in [0.1, 0.15) is 113 Å². The Hall–Kier alpha value is -1.72. The minimum Gasteiger partial charge on any atom is -0.374 e. The summed E-state index contributed by atoms with van der Waals surface area (Å²) in [5.41, 5.74) is 10.1. The summed E-state index contributed by atoms with van der Waals surface area (Å²) in [5, 5.41) is 0. The number of benzene rings is 2. The van der Waals surface area contributed by atoms with Crippen LogP contribution in [0.5, 0.6) is 0 Å². The largest absolute Gasteiger partial charge is 0.374 e. The highest BCUT2D eigenvalue weighted by atomic mass is 16.7. The van der Waals surface area contributed by atoms with Crippen molar-refractivity contribution in [3.63, 3.8) is 0 Å². The van der Waals surface area contributed by atoms with Crippen LogP contribution in [0.3, 0.4) is 0 Å². The standard InChI is InChI=1S/C32H47NO3/c1-25(33)32(29-15-10-7-11-16-29)36-31-18-12-17-30(35-31)24-34-23-26-19-21-28(22-20-26)27-13-8-5-3-2-4-6-9-14-27/h7,10-11,15-16,19-22,25,27,30-32H,2-6,8-9,12-14,17-18,23-24,33H2,1H3/t25-,30?,31?,32-/m1/s1. The van der Waals surface area contributed by atoms with Gasteiger partial charge in [0.15, 0.2) is 6.29 Å². The molecule has 4 atom stereocenters. The SMILES string of the molecule is C[C@@H](N)[C@@H](OC1CCCC(COCc2ccc(C3CCCCCCCCC3)cc2)O1)c1ccccc1. The second kappa shape index (κ2) is 14.9. The number of ether oxygens (including phenoxy) is 3. The van der Waals surface area contributed by atoms with E-state index >= 15 is 0 Å². The lowest BCUT2D eigenvalue weighted by Crippen LogP contribution is -2.37. The molecule has 2 fully saturated rings. The maximum absolute atomic E-state index is 6.33. The average Bonchev–Trinajstić information content (AvgIpc) is 2.91. The Morgan fingerprint density at radius 3 is 2.14 bits per heavy atom. The first-order valence-electron chi connectivity index (χ1n) is 14.5. The van der Waals surface area contributed by atoms with Crippen LogP contribution in [0.2, 0.25) is 0 Å². The number of rotatable bonds is 9. The highest BCUT2D eigenvalue weighted by Gasteiger charge is 2.28. The van der Waals surface area contributed by atoms with Crippen LogP contribution >= 0.6 is 0 Å². The summed E-state index contributed by atoms with van der Waals surface area (Å²) in [6, 6.07) is 19.3. The number of nitrogens with two attached hydrogens (primary N) is 1. The molecule has 0 bridgehead atoms. The number of hydrogen-bond acceptors (Lipinski definition) is 4. The molecular formula is C32H47NO3. The molecule has 2 N–H and O–H groups in total. The lowest BCUT2D eigenvalue weighted by molar-refractivity contribution is -0.228. The van der Waals surface area contributed by atoms with E-state index in [2.05, 4.69) is 36.4 Å². The predicted molar refractivity (Wildman–Crippen MR) is 147 cm³/mol. The zero-order valence-electron chi connectivity index (χ0n) is 22.3. The van der Waals surface area contributed by atoms with Gasteiger partial charge in [0.1, 0.15) is 6.10 Å². The first kappa shape index (κ1) is 27.3. The molecule has 2 unspecified atom stereocenters. The summed E-state index contributed by atoms with van der Waals surface area (Å²) >= 11 is 0. The van der Waals surface area contributed by atoms with Gasteiger partial charge in [0.05, 0.1) is 19.3 Å². The molecule has 4 nitrogen and oxygen atoms in total. The van der Waals surface area contributed by atoms with Gasteiger partial charge in [0, 0.05) is 6.04 Å². The van der Waals surface area contributed by atoms with Crippen molar-refractivity contribution in [2.45, 2.75) is 121 Å². The topological polar surface area (TPSA) is 53.7 Å². The Bertz CT molecular complexity index is 843. The van der Waals surface area contributed by atoms with E-state index in [0.717, 1.165) is 30.7 Å². The normalized spacial score (nSPS) is 24.2. The summed E-state index contributed by atoms with van der Waals surface area (Å²) in [4.78, 5) is 0. The van der Waals surface area contributed by atoms with Crippen LogP contribution in [0.4, 0.5) is 0 Å². The summed E-state index contributed by atoms with van der Waals surface area (Å²) in [5.74, 6) is 0.724. The first-order valence-corrected chi connectivity index (χ1v) is 14.5. The van der Waals surface area contributed by atoms with Gasteiger partial charge in [-0.15, -0.1) is 0 Å². The Morgan fingerprint density at radius 1 is 0.806 bits per heavy atom. The second-order valence-corrected chi connectivity index (χ2v) is 11.0. The van der Waals surface area contributed by atoms with Gasteiger partial charge >= 0.3 is 0 Å². The van der Waals surface area contributed by atoms with Crippen LogP contribution in [0, 0.1) is 0 Å². The first-order chi connectivity index (χ1) is 17.7. The van der Waals surface area contributed by atoms with E-state index in [1.165, 1.54) is 68.9 Å². The smallest absolute Gasteiger partial charge is 0.158 e. The third-order valence-electron chi connectivity index (χ3n) is 7.84. The molecule has 2 aliphatic rings. The zero-order valence-corrected chi connectivity index (χ0v) is 22.3. The summed E-state index contributed by atoms with van der Waals surface area (Å²) in [7, 11) is 0. The van der Waals surface area contributed by atoms with Crippen molar-refractivity contribution in [1.82, 2.24) is 0 Å². The Kier molecular flexibility index (Phi) is 11.3. The summed E-state index contributed by atoms with van der Waals surface area (Å²) in [6.45, 7) is 3.22. The van der Waals surface area contributed by atoms with Gasteiger partial charge in [-0.1, -0.05) is 99.5 Å². The predicted octanol–water partition coefficient (Wildman–Crippen LogP) is 7.81. The second-order valence-electron chi connectivity index (χ2n) is 11.0. The monoisotopic (exact) mass is 493 g/mol. The van der Waals surface area contributed by atoms with Gasteiger partial charge in [0.2, 0.25) is 0 Å². The Balaban J connectivity index is 1.22. The minimum absolute atomic E-state index is 0.0652. The summed E-state index contributed by atoms with van der Waals surface area (Å²) < 4.78 is 18.7. The molecule has 0 amide bonds. The van der Waals surface area contributed by atoms with Gasteiger partial charge < -0.3 is 19.9 Å². The fourth-order valence-electron chi connectivity index (χ4n) is 5.74. The van der Waals surface area contributed by atoms with Crippen molar-refractivity contribution >= 4 is 0 Å². The van der Waals surface area contributed by atoms with E-state index in [0.29, 0.717) is 13.2 Å². The molecule has 0 aromatic heterocycles. The van der Waals surface area contributed by atoms with Gasteiger partial charge in [-0.05, 0) is 61.6 Å². The fraction of sp³-hybridized carbons (Fsp3) is 0.625. The van der Waals surface area contributed by atoms with E-state index in [1.54, 1.807) is 0 Å². The van der Waals surface area contributed by atoms with E-state index in [-0.39, 0.29) is 24.5 Å². The zero-order chi connectivity index (χ0) is 25.0. The summed E-state index contributed by atoms with van der Waals surface area (Å²) in [6.07, 6.45) is 15.1. The van der Waals surface area contributed by atoms with E-state index in [9.17, 15) is 0 Å². The van der Waals surface area contributed by atoms with Crippen LogP contribution < -0.4 is 5.73 Å². The third kappa shape index (κ3) is 8.69. The highest BCUT2D eigenvalue weighted by molar-refractivity contribution is 5.25. The van der Waals surface area contributed by atoms with Crippen LogP contribution in [-0.4, -0.2) is 25.0 Å². The Labute approximate surface area is 218 Å². The molecule has 0 radical (unpaired) electrons. The molecular weight excluding hydrogens is 446 g/mol. The Morgan fingerprint density at radius 2 is 1.47 bits per heavy atom. The van der Waals surface area contributed by atoms with Gasteiger partial charge in [-0.2, -0.15) is 0 Å². The van der Waals surface area contributed by atoms with Gasteiger partial charge in [-0.3, -0.25) is 0 Å². The van der Waals surface area contributed by atoms with Crippen molar-refractivity contribution < 1.29 is 14.2 Å². The molecule has 1 aliphatic heterocycles. The fourth-order valence-corrected chi connectivity index (χ4v) is 5.74. The van der Waals surface area contributed by atoms with E-state index in [4.69, 9.17) is 19.9 Å². The lowest BCUT2D eigenvalue weighted by Gasteiger charge is -2.33. The highest BCUT2D eigenvalue weighted by Crippen LogP contribution is 2.31. The van der Waals surface area contributed by atoms with Crippen molar-refractivity contribution in [2.24, 2.45) is 5.73 Å². The van der Waals surface area contributed by atoms with E-state index < -0.39 is 0 Å². The average molecular weight is 494 g/mol. The molecule has 1 aliphatic carbocycles. The molecule has 4 rings (SSSR count). The molecule has 1 saturated carbocycles. The van der Waals surface area contributed by atoms with Crippen LogP contribution in [-0.2, 0) is 20.8 Å². The molecule has 1 heterocycles. The van der Waals surface area contributed by atoms with Crippen molar-refractivity contribution in [3.05, 3.63) is 71.3 Å². The van der Waals surface area contributed by atoms with Crippen LogP contribution in [0.25, 0.3) is 0 Å². The van der Waals surface area contributed by atoms with Crippen molar-refractivity contribution in [3.8, 4) is 0 Å². The molecule has 1 saturated heterocycles. The van der Waals surface area contributed by atoms with Crippen molar-refractivity contribution in [1.29, 1.82) is 0 Å².